The van der Waals surface area contributed by atoms with Crippen molar-refractivity contribution in [2.75, 3.05) is 13.2 Å². The third-order valence-corrected chi connectivity index (χ3v) is 4.10. The van der Waals surface area contributed by atoms with E-state index < -0.39 is 0 Å². The van der Waals surface area contributed by atoms with E-state index in [1.807, 2.05) is 0 Å². The van der Waals surface area contributed by atoms with Crippen molar-refractivity contribution >= 4 is 0 Å². The van der Waals surface area contributed by atoms with Crippen LogP contribution in [0.2, 0.25) is 0 Å². The van der Waals surface area contributed by atoms with E-state index in [1.54, 1.807) is 0 Å². The van der Waals surface area contributed by atoms with Crippen LogP contribution in [0.5, 0.6) is 0 Å². The average Bonchev–Trinajstić information content (AvgIpc) is 2.32. The molecule has 1 saturated carbocycles. The third kappa shape index (κ3) is 3.72. The summed E-state index contributed by atoms with van der Waals surface area (Å²) in [6, 6.07) is 0.418. The van der Waals surface area contributed by atoms with Gasteiger partial charge in [-0.1, -0.05) is 13.8 Å². The van der Waals surface area contributed by atoms with Gasteiger partial charge in [0.05, 0.1) is 0 Å². The quantitative estimate of drug-likeness (QED) is 0.648. The molecule has 1 atom stereocenters. The van der Waals surface area contributed by atoms with E-state index in [2.05, 4.69) is 19.2 Å². The Morgan fingerprint density at radius 3 is 2.50 bits per heavy atom. The summed E-state index contributed by atoms with van der Waals surface area (Å²) in [7, 11) is 0. The number of rotatable bonds is 6. The fraction of sp³-hybridized carbons (Fsp3) is 1.00. The lowest BCUT2D eigenvalue weighted by Crippen LogP contribution is -2.56. The van der Waals surface area contributed by atoms with E-state index in [0.717, 1.165) is 25.3 Å². The summed E-state index contributed by atoms with van der Waals surface area (Å²) in [5, 5.41) is 12.7. The maximum atomic E-state index is 9.02. The molecule has 0 heterocycles. The Morgan fingerprint density at radius 1 is 1.44 bits per heavy atom. The summed E-state index contributed by atoms with van der Waals surface area (Å²) in [5.41, 5.74) is 6.10. The molecule has 0 aromatic carbocycles. The molecule has 1 unspecified atom stereocenters. The highest BCUT2D eigenvalue weighted by molar-refractivity contribution is 4.95. The molecule has 1 fully saturated rings. The lowest BCUT2D eigenvalue weighted by Gasteiger charge is -2.42. The summed E-state index contributed by atoms with van der Waals surface area (Å²) < 4.78 is 0. The number of hydrogen-bond donors (Lipinski definition) is 3. The second-order valence-electron chi connectivity index (χ2n) is 5.43. The van der Waals surface area contributed by atoms with E-state index in [4.69, 9.17) is 10.8 Å². The van der Waals surface area contributed by atoms with Crippen LogP contribution in [0.1, 0.15) is 52.4 Å². The van der Waals surface area contributed by atoms with Crippen LogP contribution in [-0.4, -0.2) is 29.8 Å². The van der Waals surface area contributed by atoms with Crippen LogP contribution in [0.4, 0.5) is 0 Å². The van der Waals surface area contributed by atoms with Crippen LogP contribution in [-0.2, 0) is 0 Å². The molecule has 0 amide bonds. The van der Waals surface area contributed by atoms with Gasteiger partial charge in [-0.05, 0) is 44.4 Å². The van der Waals surface area contributed by atoms with Crippen LogP contribution in [0, 0.1) is 5.92 Å². The molecule has 3 nitrogen and oxygen atoms in total. The Hall–Kier alpha value is -0.120. The fourth-order valence-electron chi connectivity index (χ4n) is 2.69. The molecule has 0 bridgehead atoms. The van der Waals surface area contributed by atoms with Crippen molar-refractivity contribution in [1.82, 2.24) is 5.32 Å². The average molecular weight is 228 g/mol. The van der Waals surface area contributed by atoms with E-state index in [0.29, 0.717) is 6.04 Å². The van der Waals surface area contributed by atoms with Crippen molar-refractivity contribution in [3.05, 3.63) is 0 Å². The predicted octanol–water partition coefficient (Wildman–Crippen LogP) is 1.64. The molecule has 1 rings (SSSR count). The van der Waals surface area contributed by atoms with E-state index in [-0.39, 0.29) is 12.1 Å². The van der Waals surface area contributed by atoms with Gasteiger partial charge in [-0.25, -0.2) is 0 Å². The zero-order valence-corrected chi connectivity index (χ0v) is 10.8. The van der Waals surface area contributed by atoms with Crippen LogP contribution in [0.25, 0.3) is 0 Å². The Labute approximate surface area is 99.8 Å². The molecule has 0 aromatic rings. The van der Waals surface area contributed by atoms with Crippen molar-refractivity contribution in [2.45, 2.75) is 64.0 Å². The first-order chi connectivity index (χ1) is 7.65. The normalized spacial score (nSPS) is 32.6. The van der Waals surface area contributed by atoms with E-state index >= 15 is 0 Å². The molecule has 96 valence electrons. The summed E-state index contributed by atoms with van der Waals surface area (Å²) in [6.07, 6.45) is 6.84. The van der Waals surface area contributed by atoms with Crippen molar-refractivity contribution < 1.29 is 5.11 Å². The minimum Gasteiger partial charge on any atom is -0.396 e. The molecule has 1 aliphatic rings. The highest BCUT2D eigenvalue weighted by Gasteiger charge is 2.33. The minimum atomic E-state index is 0.141. The summed E-state index contributed by atoms with van der Waals surface area (Å²) in [5.74, 6) is 0.847. The summed E-state index contributed by atoms with van der Waals surface area (Å²) in [4.78, 5) is 0. The second kappa shape index (κ2) is 6.58. The Balaban J connectivity index is 2.51. The first-order valence-corrected chi connectivity index (χ1v) is 6.74. The fourth-order valence-corrected chi connectivity index (χ4v) is 2.69. The van der Waals surface area contributed by atoms with Gasteiger partial charge in [0.2, 0.25) is 0 Å². The van der Waals surface area contributed by atoms with Gasteiger partial charge in [0, 0.05) is 24.7 Å². The third-order valence-electron chi connectivity index (χ3n) is 4.10. The molecule has 0 spiro atoms. The monoisotopic (exact) mass is 228 g/mol. The zero-order valence-electron chi connectivity index (χ0n) is 10.8. The number of nitrogens with two attached hydrogens (primary N) is 1. The largest absolute Gasteiger partial charge is 0.396 e. The summed E-state index contributed by atoms with van der Waals surface area (Å²) >= 11 is 0. The first-order valence-electron chi connectivity index (χ1n) is 6.74. The van der Waals surface area contributed by atoms with Crippen molar-refractivity contribution in [2.24, 2.45) is 11.7 Å². The Morgan fingerprint density at radius 2 is 2.06 bits per heavy atom. The van der Waals surface area contributed by atoms with Crippen molar-refractivity contribution in [1.29, 1.82) is 0 Å². The Bertz CT molecular complexity index is 188. The highest BCUT2D eigenvalue weighted by Crippen LogP contribution is 2.31. The van der Waals surface area contributed by atoms with Crippen LogP contribution in [0.3, 0.4) is 0 Å². The molecular formula is C13H28N2O. The van der Waals surface area contributed by atoms with Gasteiger partial charge < -0.3 is 16.2 Å². The topological polar surface area (TPSA) is 58.3 Å². The van der Waals surface area contributed by atoms with Gasteiger partial charge in [0.25, 0.3) is 0 Å². The molecule has 4 N–H and O–H groups in total. The number of hydrogen-bond acceptors (Lipinski definition) is 3. The van der Waals surface area contributed by atoms with Crippen molar-refractivity contribution in [3.63, 3.8) is 0 Å². The molecule has 1 aliphatic carbocycles. The zero-order chi connectivity index (χ0) is 12.0. The highest BCUT2D eigenvalue weighted by atomic mass is 16.3. The number of aliphatic hydroxyl groups excluding tert-OH is 1. The molecular weight excluding hydrogens is 200 g/mol. The van der Waals surface area contributed by atoms with E-state index in [1.165, 1.54) is 25.7 Å². The first kappa shape index (κ1) is 13.9. The van der Waals surface area contributed by atoms with Gasteiger partial charge >= 0.3 is 0 Å². The van der Waals surface area contributed by atoms with Crippen LogP contribution >= 0.6 is 0 Å². The summed E-state index contributed by atoms with van der Waals surface area (Å²) in [6.45, 7) is 5.48. The molecule has 0 saturated heterocycles. The van der Waals surface area contributed by atoms with E-state index in [9.17, 15) is 0 Å². The van der Waals surface area contributed by atoms with Gasteiger partial charge in [0.1, 0.15) is 0 Å². The number of nitrogens with one attached hydrogen (secondary N) is 1. The maximum Gasteiger partial charge on any atom is 0.0445 e. The van der Waals surface area contributed by atoms with Gasteiger partial charge in [-0.2, -0.15) is 0 Å². The molecule has 16 heavy (non-hydrogen) atoms. The van der Waals surface area contributed by atoms with Crippen LogP contribution < -0.4 is 11.1 Å². The van der Waals surface area contributed by atoms with Gasteiger partial charge in [0.15, 0.2) is 0 Å². The second-order valence-corrected chi connectivity index (χ2v) is 5.43. The molecule has 0 radical (unpaired) electrons. The lowest BCUT2D eigenvalue weighted by atomic mass is 9.76. The molecule has 3 heteroatoms. The SMILES string of the molecule is CCC(CCO)NC1(CN)CCC(C)CC1. The molecule has 0 aromatic heterocycles. The molecule has 0 aliphatic heterocycles. The lowest BCUT2D eigenvalue weighted by molar-refractivity contribution is 0.166. The predicted molar refractivity (Wildman–Crippen MR) is 68.3 cm³/mol. The Kier molecular flexibility index (Phi) is 5.73. The van der Waals surface area contributed by atoms with Gasteiger partial charge in [-0.15, -0.1) is 0 Å². The maximum absolute atomic E-state index is 9.02. The standard InChI is InChI=1S/C13H28N2O/c1-3-12(6-9-16)15-13(10-14)7-4-11(2)5-8-13/h11-12,15-16H,3-10,14H2,1-2H3. The van der Waals surface area contributed by atoms with Crippen molar-refractivity contribution in [3.8, 4) is 0 Å². The van der Waals surface area contributed by atoms with Crippen LogP contribution in [0.15, 0.2) is 0 Å². The van der Waals surface area contributed by atoms with Gasteiger partial charge in [-0.3, -0.25) is 0 Å². The minimum absolute atomic E-state index is 0.141. The smallest absolute Gasteiger partial charge is 0.0445 e. The number of aliphatic hydroxyl groups is 1.